The number of hydrogen-bond donors (Lipinski definition) is 0. The van der Waals surface area contributed by atoms with Crippen LogP contribution >= 0.6 is 15.9 Å². The molecule has 0 aliphatic heterocycles. The highest BCUT2D eigenvalue weighted by molar-refractivity contribution is 9.10. The molecular formula is C14H10BrNOS. The molecule has 2 rings (SSSR count). The molecular weight excluding hydrogens is 310 g/mol. The van der Waals surface area contributed by atoms with E-state index in [4.69, 9.17) is 5.26 Å². The summed E-state index contributed by atoms with van der Waals surface area (Å²) in [7, 11) is -1.07. The van der Waals surface area contributed by atoms with Gasteiger partial charge in [0.2, 0.25) is 0 Å². The van der Waals surface area contributed by atoms with E-state index in [-0.39, 0.29) is 0 Å². The highest BCUT2D eigenvalue weighted by Gasteiger charge is 2.05. The first-order chi connectivity index (χ1) is 8.69. The minimum atomic E-state index is -1.07. The van der Waals surface area contributed by atoms with E-state index in [9.17, 15) is 4.21 Å². The Labute approximate surface area is 117 Å². The molecule has 0 N–H and O–H groups in total. The van der Waals surface area contributed by atoms with Crippen LogP contribution in [0.5, 0.6) is 0 Å². The second-order valence-electron chi connectivity index (χ2n) is 3.76. The van der Waals surface area contributed by atoms with Crippen molar-refractivity contribution < 1.29 is 4.21 Å². The van der Waals surface area contributed by atoms with Gasteiger partial charge in [0.25, 0.3) is 0 Å². The lowest BCUT2D eigenvalue weighted by molar-refractivity contribution is 0.682. The van der Waals surface area contributed by atoms with Crippen molar-refractivity contribution in [3.8, 4) is 6.07 Å². The molecule has 0 aliphatic carbocycles. The molecule has 2 nitrogen and oxygen atoms in total. The monoisotopic (exact) mass is 319 g/mol. The number of hydrogen-bond acceptors (Lipinski definition) is 2. The van der Waals surface area contributed by atoms with Crippen LogP contribution in [0.25, 0.3) is 0 Å². The number of benzene rings is 2. The Morgan fingerprint density at radius 1 is 1.17 bits per heavy atom. The molecule has 0 amide bonds. The van der Waals surface area contributed by atoms with Gasteiger partial charge in [-0.1, -0.05) is 34.1 Å². The van der Waals surface area contributed by atoms with Gasteiger partial charge in [0.1, 0.15) is 0 Å². The van der Waals surface area contributed by atoms with Crippen molar-refractivity contribution in [3.05, 3.63) is 64.1 Å². The third kappa shape index (κ3) is 3.28. The molecule has 0 aromatic heterocycles. The SMILES string of the molecule is N#Cc1ccc(CS(=O)c2cccc(Br)c2)cc1. The molecule has 4 heteroatoms. The fraction of sp³-hybridized carbons (Fsp3) is 0.0714. The molecule has 0 heterocycles. The quantitative estimate of drug-likeness (QED) is 0.866. The van der Waals surface area contributed by atoms with E-state index >= 15 is 0 Å². The molecule has 90 valence electrons. The molecule has 0 spiro atoms. The molecule has 2 aromatic rings. The van der Waals surface area contributed by atoms with Crippen molar-refractivity contribution >= 4 is 26.7 Å². The third-order valence-electron chi connectivity index (χ3n) is 2.44. The minimum Gasteiger partial charge on any atom is -0.254 e. The minimum absolute atomic E-state index is 0.460. The van der Waals surface area contributed by atoms with E-state index in [1.807, 2.05) is 36.4 Å². The predicted octanol–water partition coefficient (Wildman–Crippen LogP) is 3.63. The van der Waals surface area contributed by atoms with E-state index in [1.54, 1.807) is 12.1 Å². The normalized spacial score (nSPS) is 11.8. The maximum Gasteiger partial charge on any atom is 0.0991 e. The van der Waals surface area contributed by atoms with Crippen molar-refractivity contribution in [1.29, 1.82) is 5.26 Å². The van der Waals surface area contributed by atoms with E-state index in [1.165, 1.54) is 0 Å². The fourth-order valence-electron chi connectivity index (χ4n) is 1.52. The van der Waals surface area contributed by atoms with Crippen LogP contribution in [-0.4, -0.2) is 4.21 Å². The zero-order valence-electron chi connectivity index (χ0n) is 9.47. The summed E-state index contributed by atoms with van der Waals surface area (Å²) in [5.41, 5.74) is 1.58. The molecule has 1 unspecified atom stereocenters. The van der Waals surface area contributed by atoms with E-state index < -0.39 is 10.8 Å². The van der Waals surface area contributed by atoms with E-state index in [0.29, 0.717) is 11.3 Å². The van der Waals surface area contributed by atoms with Gasteiger partial charge >= 0.3 is 0 Å². The zero-order chi connectivity index (χ0) is 13.0. The second kappa shape index (κ2) is 5.94. The summed E-state index contributed by atoms with van der Waals surface area (Å²) in [5, 5.41) is 8.70. The first-order valence-electron chi connectivity index (χ1n) is 5.32. The summed E-state index contributed by atoms with van der Waals surface area (Å²) >= 11 is 3.36. The molecule has 0 fully saturated rings. The van der Waals surface area contributed by atoms with Gasteiger partial charge in [-0.25, -0.2) is 0 Å². The molecule has 0 radical (unpaired) electrons. The van der Waals surface area contributed by atoms with Crippen LogP contribution in [0.3, 0.4) is 0 Å². The maximum atomic E-state index is 12.1. The predicted molar refractivity (Wildman–Crippen MR) is 75.4 cm³/mol. The van der Waals surface area contributed by atoms with Crippen LogP contribution in [0, 0.1) is 11.3 Å². The Hall–Kier alpha value is -1.44. The molecule has 0 bridgehead atoms. The lowest BCUT2D eigenvalue weighted by Crippen LogP contribution is -1.96. The largest absolute Gasteiger partial charge is 0.254 e. The van der Waals surface area contributed by atoms with Gasteiger partial charge < -0.3 is 0 Å². The Balaban J connectivity index is 2.14. The molecule has 0 saturated heterocycles. The first kappa shape index (κ1) is 13.0. The second-order valence-corrected chi connectivity index (χ2v) is 6.12. The van der Waals surface area contributed by atoms with Crippen LogP contribution in [-0.2, 0) is 16.6 Å². The summed E-state index contributed by atoms with van der Waals surface area (Å²) in [4.78, 5) is 0.800. The summed E-state index contributed by atoms with van der Waals surface area (Å²) in [6, 6.07) is 16.7. The van der Waals surface area contributed by atoms with E-state index in [2.05, 4.69) is 22.0 Å². The van der Waals surface area contributed by atoms with Crippen LogP contribution in [0.4, 0.5) is 0 Å². The van der Waals surface area contributed by atoms with Gasteiger partial charge in [0.15, 0.2) is 0 Å². The van der Waals surface area contributed by atoms with Gasteiger partial charge in [-0.2, -0.15) is 5.26 Å². The van der Waals surface area contributed by atoms with Gasteiger partial charge in [-0.15, -0.1) is 0 Å². The van der Waals surface area contributed by atoms with Gasteiger partial charge in [0.05, 0.1) is 28.2 Å². The number of rotatable bonds is 3. The Bertz CT molecular complexity index is 616. The molecule has 1 atom stereocenters. The Kier molecular flexibility index (Phi) is 4.29. The van der Waals surface area contributed by atoms with Crippen molar-refractivity contribution in [2.24, 2.45) is 0 Å². The van der Waals surface area contributed by atoms with Crippen molar-refractivity contribution in [3.63, 3.8) is 0 Å². The third-order valence-corrected chi connectivity index (χ3v) is 4.31. The average molecular weight is 320 g/mol. The highest BCUT2D eigenvalue weighted by Crippen LogP contribution is 2.17. The van der Waals surface area contributed by atoms with Crippen LogP contribution in [0.1, 0.15) is 11.1 Å². The number of nitrogens with zero attached hydrogens (tertiary/aromatic N) is 1. The van der Waals surface area contributed by atoms with Crippen molar-refractivity contribution in [1.82, 2.24) is 0 Å². The lowest BCUT2D eigenvalue weighted by Gasteiger charge is -2.03. The summed E-state index contributed by atoms with van der Waals surface area (Å²) in [6.45, 7) is 0. The van der Waals surface area contributed by atoms with Crippen molar-refractivity contribution in [2.45, 2.75) is 10.6 Å². The standard InChI is InChI=1S/C14H10BrNOS/c15-13-2-1-3-14(8-13)18(17)10-12-6-4-11(9-16)5-7-12/h1-8H,10H2. The number of halogens is 1. The molecule has 18 heavy (non-hydrogen) atoms. The summed E-state index contributed by atoms with van der Waals surface area (Å²) < 4.78 is 13.1. The zero-order valence-corrected chi connectivity index (χ0v) is 11.9. The average Bonchev–Trinajstić information content (AvgIpc) is 2.39. The van der Waals surface area contributed by atoms with Gasteiger partial charge in [0, 0.05) is 9.37 Å². The maximum absolute atomic E-state index is 12.1. The van der Waals surface area contributed by atoms with Crippen molar-refractivity contribution in [2.75, 3.05) is 0 Å². The van der Waals surface area contributed by atoms with Crippen LogP contribution < -0.4 is 0 Å². The Morgan fingerprint density at radius 3 is 2.50 bits per heavy atom. The molecule has 0 saturated carbocycles. The lowest BCUT2D eigenvalue weighted by atomic mass is 10.2. The topological polar surface area (TPSA) is 40.9 Å². The van der Waals surface area contributed by atoms with Crippen LogP contribution in [0.2, 0.25) is 0 Å². The van der Waals surface area contributed by atoms with Gasteiger partial charge in [-0.3, -0.25) is 4.21 Å². The van der Waals surface area contributed by atoms with Gasteiger partial charge in [-0.05, 0) is 35.9 Å². The molecule has 2 aromatic carbocycles. The summed E-state index contributed by atoms with van der Waals surface area (Å²) in [6.07, 6.45) is 0. The summed E-state index contributed by atoms with van der Waals surface area (Å²) in [5.74, 6) is 0.460. The Morgan fingerprint density at radius 2 is 1.89 bits per heavy atom. The number of nitriles is 1. The fourth-order valence-corrected chi connectivity index (χ4v) is 3.22. The smallest absolute Gasteiger partial charge is 0.0991 e. The molecule has 0 aliphatic rings. The first-order valence-corrected chi connectivity index (χ1v) is 7.43. The van der Waals surface area contributed by atoms with E-state index in [0.717, 1.165) is 14.9 Å². The van der Waals surface area contributed by atoms with Crippen LogP contribution in [0.15, 0.2) is 57.9 Å². The highest BCUT2D eigenvalue weighted by atomic mass is 79.9.